The molecular weight excluding hydrogens is 482 g/mol. The van der Waals surface area contributed by atoms with E-state index >= 15 is 0 Å². The smallest absolute Gasteiger partial charge is 0.243 e. The molecule has 186 valence electrons. The van der Waals surface area contributed by atoms with Crippen molar-refractivity contribution in [1.82, 2.24) is 4.31 Å². The summed E-state index contributed by atoms with van der Waals surface area (Å²) in [6.07, 6.45) is 4.08. The van der Waals surface area contributed by atoms with Gasteiger partial charge in [0.25, 0.3) is 0 Å². The van der Waals surface area contributed by atoms with Crippen molar-refractivity contribution >= 4 is 31.6 Å². The predicted octanol–water partition coefficient (Wildman–Crippen LogP) is 2.31. The van der Waals surface area contributed by atoms with Crippen molar-refractivity contribution in [2.75, 3.05) is 26.1 Å². The summed E-state index contributed by atoms with van der Waals surface area (Å²) in [4.78, 5) is 12.8. The zero-order valence-corrected chi connectivity index (χ0v) is 20.7. The average Bonchev–Trinajstić information content (AvgIpc) is 2.82. The molecule has 0 unspecified atom stereocenters. The molecule has 1 fully saturated rings. The highest BCUT2D eigenvalue weighted by Crippen LogP contribution is 2.33. The van der Waals surface area contributed by atoms with E-state index in [1.54, 1.807) is 0 Å². The molecule has 3 N–H and O–H groups in total. The van der Waals surface area contributed by atoms with Gasteiger partial charge in [-0.25, -0.2) is 22.0 Å². The van der Waals surface area contributed by atoms with Crippen molar-refractivity contribution in [3.63, 3.8) is 0 Å². The molecule has 1 aliphatic rings. The number of benzene rings is 2. The highest BCUT2D eigenvalue weighted by atomic mass is 32.2. The molecular formula is C22H29N3O7S2. The highest BCUT2D eigenvalue weighted by molar-refractivity contribution is 7.89. The van der Waals surface area contributed by atoms with Gasteiger partial charge in [-0.1, -0.05) is 19.3 Å². The summed E-state index contributed by atoms with van der Waals surface area (Å²) in [6, 6.07) is 9.33. The molecule has 1 amide bonds. The molecule has 0 heterocycles. The van der Waals surface area contributed by atoms with E-state index < -0.39 is 32.5 Å². The molecule has 2 aromatic carbocycles. The van der Waals surface area contributed by atoms with E-state index in [0.717, 1.165) is 19.3 Å². The normalized spacial score (nSPS) is 15.2. The minimum atomic E-state index is -4.03. The Hall–Kier alpha value is -2.67. The molecule has 0 aromatic heterocycles. The van der Waals surface area contributed by atoms with Gasteiger partial charge in [-0.15, -0.1) is 0 Å². The number of hydrogen-bond donors (Lipinski definition) is 2. The number of carbonyl (C=O) groups excluding carboxylic acids is 1. The lowest BCUT2D eigenvalue weighted by Gasteiger charge is -2.33. The van der Waals surface area contributed by atoms with Crippen molar-refractivity contribution in [3.05, 3.63) is 42.5 Å². The van der Waals surface area contributed by atoms with Crippen molar-refractivity contribution < 1.29 is 31.1 Å². The molecule has 1 saturated carbocycles. The number of ether oxygens (including phenoxy) is 2. The van der Waals surface area contributed by atoms with Gasteiger partial charge in [0, 0.05) is 17.8 Å². The monoisotopic (exact) mass is 511 g/mol. The van der Waals surface area contributed by atoms with Crippen molar-refractivity contribution in [2.45, 2.75) is 47.9 Å². The van der Waals surface area contributed by atoms with E-state index in [2.05, 4.69) is 5.32 Å². The Morgan fingerprint density at radius 3 is 2.09 bits per heavy atom. The fourth-order valence-electron chi connectivity index (χ4n) is 3.96. The van der Waals surface area contributed by atoms with E-state index in [-0.39, 0.29) is 21.6 Å². The second-order valence-electron chi connectivity index (χ2n) is 7.98. The summed E-state index contributed by atoms with van der Waals surface area (Å²) in [5, 5.41) is 7.72. The number of sulfonamides is 2. The minimum absolute atomic E-state index is 0.000953. The van der Waals surface area contributed by atoms with Gasteiger partial charge in [-0.2, -0.15) is 4.31 Å². The van der Waals surface area contributed by atoms with E-state index in [9.17, 15) is 21.6 Å². The van der Waals surface area contributed by atoms with Crippen LogP contribution in [0.3, 0.4) is 0 Å². The molecule has 12 heteroatoms. The standard InChI is InChI=1S/C22H29N3O7S2/c1-31-20-13-12-19(14-21(20)32-2)34(29,30)25(17-6-4-3-5-7-17)15-22(26)24-16-8-10-18(11-9-16)33(23,27)28/h8-14,17H,3-7,15H2,1-2H3,(H,24,26)(H2,23,27,28). The van der Waals surface area contributed by atoms with Crippen LogP contribution in [0.4, 0.5) is 5.69 Å². The molecule has 0 aliphatic heterocycles. The summed E-state index contributed by atoms with van der Waals surface area (Å²) in [5.74, 6) is 0.121. The van der Waals surface area contributed by atoms with Gasteiger partial charge in [-0.3, -0.25) is 4.79 Å². The van der Waals surface area contributed by atoms with Gasteiger partial charge >= 0.3 is 0 Å². The number of methoxy groups -OCH3 is 2. The third-order valence-corrected chi connectivity index (χ3v) is 8.53. The zero-order chi connectivity index (χ0) is 24.9. The van der Waals surface area contributed by atoms with Crippen molar-refractivity contribution in [3.8, 4) is 11.5 Å². The average molecular weight is 512 g/mol. The summed E-state index contributed by atoms with van der Waals surface area (Å²) in [5.41, 5.74) is 0.324. The van der Waals surface area contributed by atoms with Gasteiger partial charge in [-0.05, 0) is 49.2 Å². The summed E-state index contributed by atoms with van der Waals surface area (Å²) in [7, 11) is -5.02. The molecule has 2 aromatic rings. The number of amides is 1. The van der Waals surface area contributed by atoms with E-state index in [4.69, 9.17) is 14.6 Å². The van der Waals surface area contributed by atoms with Gasteiger partial charge < -0.3 is 14.8 Å². The second-order valence-corrected chi connectivity index (χ2v) is 11.4. The molecule has 0 atom stereocenters. The Labute approximate surface area is 200 Å². The third-order valence-electron chi connectivity index (χ3n) is 5.71. The van der Waals surface area contributed by atoms with E-state index in [0.29, 0.717) is 24.3 Å². The lowest BCUT2D eigenvalue weighted by atomic mass is 9.95. The van der Waals surface area contributed by atoms with Gasteiger partial charge in [0.05, 0.1) is 30.6 Å². The molecule has 10 nitrogen and oxygen atoms in total. The fourth-order valence-corrected chi connectivity index (χ4v) is 6.13. The van der Waals surface area contributed by atoms with Crippen LogP contribution in [0, 0.1) is 0 Å². The number of nitrogens with two attached hydrogens (primary N) is 1. The number of nitrogens with zero attached hydrogens (tertiary/aromatic N) is 1. The predicted molar refractivity (Wildman–Crippen MR) is 127 cm³/mol. The summed E-state index contributed by atoms with van der Waals surface area (Å²) >= 11 is 0. The summed E-state index contributed by atoms with van der Waals surface area (Å²) in [6.45, 7) is -0.391. The third kappa shape index (κ3) is 6.06. The number of rotatable bonds is 9. The molecule has 0 radical (unpaired) electrons. The lowest BCUT2D eigenvalue weighted by molar-refractivity contribution is -0.116. The molecule has 0 saturated heterocycles. The molecule has 0 bridgehead atoms. The highest BCUT2D eigenvalue weighted by Gasteiger charge is 2.34. The lowest BCUT2D eigenvalue weighted by Crippen LogP contribution is -2.45. The van der Waals surface area contributed by atoms with Crippen LogP contribution in [0.25, 0.3) is 0 Å². The van der Waals surface area contributed by atoms with Crippen LogP contribution in [-0.4, -0.2) is 53.9 Å². The Morgan fingerprint density at radius 2 is 1.53 bits per heavy atom. The maximum Gasteiger partial charge on any atom is 0.243 e. The molecule has 34 heavy (non-hydrogen) atoms. The largest absolute Gasteiger partial charge is 0.493 e. The molecule has 1 aliphatic carbocycles. The first-order valence-electron chi connectivity index (χ1n) is 10.7. The van der Waals surface area contributed by atoms with Gasteiger partial charge in [0.1, 0.15) is 0 Å². The first-order chi connectivity index (χ1) is 16.1. The minimum Gasteiger partial charge on any atom is -0.493 e. The number of primary sulfonamides is 1. The van der Waals surface area contributed by atoms with Crippen LogP contribution in [-0.2, 0) is 24.8 Å². The van der Waals surface area contributed by atoms with Gasteiger partial charge in [0.15, 0.2) is 11.5 Å². The van der Waals surface area contributed by atoms with E-state index in [1.807, 2.05) is 0 Å². The topological polar surface area (TPSA) is 145 Å². The maximum atomic E-state index is 13.6. The van der Waals surface area contributed by atoms with Crippen LogP contribution < -0.4 is 19.9 Å². The van der Waals surface area contributed by atoms with Crippen LogP contribution in [0.15, 0.2) is 52.3 Å². The van der Waals surface area contributed by atoms with Crippen LogP contribution in [0.5, 0.6) is 11.5 Å². The van der Waals surface area contributed by atoms with Crippen LogP contribution in [0.1, 0.15) is 32.1 Å². The Kier molecular flexibility index (Phi) is 8.18. The Balaban J connectivity index is 1.86. The van der Waals surface area contributed by atoms with Crippen molar-refractivity contribution in [2.24, 2.45) is 5.14 Å². The zero-order valence-electron chi connectivity index (χ0n) is 19.1. The van der Waals surface area contributed by atoms with E-state index in [1.165, 1.54) is 61.0 Å². The van der Waals surface area contributed by atoms with Crippen molar-refractivity contribution in [1.29, 1.82) is 0 Å². The first-order valence-corrected chi connectivity index (χ1v) is 13.7. The maximum absolute atomic E-state index is 13.6. The SMILES string of the molecule is COc1ccc(S(=O)(=O)N(CC(=O)Nc2ccc(S(N)(=O)=O)cc2)C2CCCCC2)cc1OC. The first kappa shape index (κ1) is 25.9. The Bertz CT molecular complexity index is 1220. The number of anilines is 1. The van der Waals surface area contributed by atoms with Crippen LogP contribution in [0.2, 0.25) is 0 Å². The number of hydrogen-bond acceptors (Lipinski definition) is 7. The molecule has 0 spiro atoms. The second kappa shape index (κ2) is 10.7. The van der Waals surface area contributed by atoms with Crippen LogP contribution >= 0.6 is 0 Å². The molecule has 3 rings (SSSR count). The summed E-state index contributed by atoms with van der Waals surface area (Å²) < 4.78 is 61.7. The number of nitrogens with one attached hydrogen (secondary N) is 1. The van der Waals surface area contributed by atoms with Gasteiger partial charge in [0.2, 0.25) is 26.0 Å². The fraction of sp³-hybridized carbons (Fsp3) is 0.409. The number of carbonyl (C=O) groups is 1. The Morgan fingerprint density at radius 1 is 0.941 bits per heavy atom. The quantitative estimate of drug-likeness (QED) is 0.525.